The molecule has 0 spiro atoms. The van der Waals surface area contributed by atoms with Crippen LogP contribution in [-0.2, 0) is 11.3 Å². The minimum absolute atomic E-state index is 0.128. The van der Waals surface area contributed by atoms with Gasteiger partial charge in [-0.2, -0.15) is 0 Å². The van der Waals surface area contributed by atoms with Crippen molar-refractivity contribution in [2.45, 2.75) is 57.5 Å². The van der Waals surface area contributed by atoms with Crippen LogP contribution in [0, 0.1) is 5.92 Å². The van der Waals surface area contributed by atoms with Gasteiger partial charge in [0.2, 0.25) is 5.91 Å². The predicted octanol–water partition coefficient (Wildman–Crippen LogP) is 3.71. The molecule has 3 rings (SSSR count). The molecule has 1 aliphatic heterocycles. The van der Waals surface area contributed by atoms with E-state index in [9.17, 15) is 9.59 Å². The summed E-state index contributed by atoms with van der Waals surface area (Å²) >= 11 is 5.86. The first-order valence-electron chi connectivity index (χ1n) is 9.67. The summed E-state index contributed by atoms with van der Waals surface area (Å²) in [6, 6.07) is 7.54. The Bertz CT molecular complexity index is 606. The molecule has 26 heavy (non-hydrogen) atoms. The average Bonchev–Trinajstić information content (AvgIpc) is 3.18. The lowest BCUT2D eigenvalue weighted by atomic mass is 9.84. The van der Waals surface area contributed by atoms with Gasteiger partial charge in [-0.3, -0.25) is 4.79 Å². The van der Waals surface area contributed by atoms with Crippen molar-refractivity contribution in [1.82, 2.24) is 15.5 Å². The molecular formula is C20H28ClN3O2. The van der Waals surface area contributed by atoms with E-state index >= 15 is 0 Å². The van der Waals surface area contributed by atoms with E-state index in [0.717, 1.165) is 57.2 Å². The van der Waals surface area contributed by atoms with Crippen molar-refractivity contribution in [1.29, 1.82) is 0 Å². The quantitative estimate of drug-likeness (QED) is 0.821. The first-order valence-corrected chi connectivity index (χ1v) is 10.0. The first kappa shape index (κ1) is 19.0. The first-order chi connectivity index (χ1) is 12.6. The normalized spacial score (nSPS) is 22.9. The number of halogens is 1. The highest BCUT2D eigenvalue weighted by Gasteiger charge is 2.26. The van der Waals surface area contributed by atoms with Gasteiger partial charge in [0.1, 0.15) is 0 Å². The van der Waals surface area contributed by atoms with Gasteiger partial charge in [-0.25, -0.2) is 4.79 Å². The van der Waals surface area contributed by atoms with Crippen molar-refractivity contribution in [2.75, 3.05) is 13.1 Å². The molecule has 0 unspecified atom stereocenters. The molecule has 1 saturated heterocycles. The maximum Gasteiger partial charge on any atom is 0.315 e. The summed E-state index contributed by atoms with van der Waals surface area (Å²) in [6.07, 6.45) is 6.90. The van der Waals surface area contributed by atoms with Crippen molar-refractivity contribution in [3.63, 3.8) is 0 Å². The van der Waals surface area contributed by atoms with E-state index in [2.05, 4.69) is 10.6 Å². The highest BCUT2D eigenvalue weighted by Crippen LogP contribution is 2.28. The van der Waals surface area contributed by atoms with E-state index in [1.807, 2.05) is 29.2 Å². The summed E-state index contributed by atoms with van der Waals surface area (Å²) in [7, 11) is 0. The molecule has 1 heterocycles. The number of nitrogens with one attached hydrogen (secondary N) is 2. The van der Waals surface area contributed by atoms with Gasteiger partial charge >= 0.3 is 6.03 Å². The van der Waals surface area contributed by atoms with Crippen molar-refractivity contribution >= 4 is 23.5 Å². The molecule has 1 aliphatic carbocycles. The zero-order chi connectivity index (χ0) is 18.4. The monoisotopic (exact) mass is 377 g/mol. The lowest BCUT2D eigenvalue weighted by Gasteiger charge is -2.29. The number of nitrogens with zero attached hydrogens (tertiary/aromatic N) is 1. The Morgan fingerprint density at radius 2 is 1.69 bits per heavy atom. The maximum atomic E-state index is 12.3. The fraction of sp³-hybridized carbons (Fsp3) is 0.600. The number of hydrogen-bond donors (Lipinski definition) is 2. The molecule has 1 saturated carbocycles. The molecule has 1 aromatic rings. The van der Waals surface area contributed by atoms with Crippen LogP contribution in [0.2, 0.25) is 5.02 Å². The standard InChI is InChI=1S/C20H28ClN3O2/c21-17-7-3-16(4-8-17)14-22-20(26)23-18-9-5-15(6-10-18)13-19(25)24-11-1-2-12-24/h3-4,7-8,15,18H,1-2,5-6,9-14H2,(H2,22,23,26). The Kier molecular flexibility index (Phi) is 6.78. The van der Waals surface area contributed by atoms with E-state index < -0.39 is 0 Å². The molecule has 142 valence electrons. The smallest absolute Gasteiger partial charge is 0.315 e. The second-order valence-electron chi connectivity index (χ2n) is 7.46. The highest BCUT2D eigenvalue weighted by atomic mass is 35.5. The van der Waals surface area contributed by atoms with Gasteiger partial charge in [0.25, 0.3) is 0 Å². The predicted molar refractivity (Wildman–Crippen MR) is 103 cm³/mol. The molecule has 0 bridgehead atoms. The van der Waals surface area contributed by atoms with Gasteiger partial charge in [0, 0.05) is 37.1 Å². The van der Waals surface area contributed by atoms with Gasteiger partial charge in [-0.05, 0) is 62.1 Å². The lowest BCUT2D eigenvalue weighted by molar-refractivity contribution is -0.131. The summed E-state index contributed by atoms with van der Waals surface area (Å²) < 4.78 is 0. The Balaban J connectivity index is 1.33. The van der Waals surface area contributed by atoms with Crippen molar-refractivity contribution in [3.05, 3.63) is 34.9 Å². The molecule has 0 aromatic heterocycles. The number of carbonyl (C=O) groups is 2. The summed E-state index contributed by atoms with van der Waals surface area (Å²) in [4.78, 5) is 26.3. The molecule has 5 nitrogen and oxygen atoms in total. The molecule has 0 radical (unpaired) electrons. The highest BCUT2D eigenvalue weighted by molar-refractivity contribution is 6.30. The van der Waals surface area contributed by atoms with Crippen molar-refractivity contribution in [2.24, 2.45) is 5.92 Å². The van der Waals surface area contributed by atoms with Crippen LogP contribution >= 0.6 is 11.6 Å². The zero-order valence-corrected chi connectivity index (χ0v) is 15.9. The third-order valence-corrected chi connectivity index (χ3v) is 5.72. The number of rotatable bonds is 5. The second-order valence-corrected chi connectivity index (χ2v) is 7.90. The Morgan fingerprint density at radius 3 is 2.35 bits per heavy atom. The van der Waals surface area contributed by atoms with E-state index in [1.54, 1.807) is 0 Å². The van der Waals surface area contributed by atoms with Crippen LogP contribution in [0.4, 0.5) is 4.79 Å². The molecule has 0 atom stereocenters. The number of urea groups is 1. The minimum Gasteiger partial charge on any atom is -0.343 e. The third-order valence-electron chi connectivity index (χ3n) is 5.47. The lowest BCUT2D eigenvalue weighted by Crippen LogP contribution is -2.43. The third kappa shape index (κ3) is 5.63. The van der Waals surface area contributed by atoms with E-state index in [1.165, 1.54) is 0 Å². The van der Waals surface area contributed by atoms with Crippen molar-refractivity contribution in [3.8, 4) is 0 Å². The fourth-order valence-electron chi connectivity index (χ4n) is 3.87. The van der Waals surface area contributed by atoms with Crippen LogP contribution in [-0.4, -0.2) is 36.0 Å². The number of amides is 3. The fourth-order valence-corrected chi connectivity index (χ4v) is 4.00. The Morgan fingerprint density at radius 1 is 1.04 bits per heavy atom. The molecule has 2 N–H and O–H groups in total. The Labute approximate surface area is 160 Å². The number of likely N-dealkylation sites (tertiary alicyclic amines) is 1. The molecule has 3 amide bonds. The van der Waals surface area contributed by atoms with Gasteiger partial charge in [-0.15, -0.1) is 0 Å². The van der Waals surface area contributed by atoms with Gasteiger partial charge in [0.05, 0.1) is 0 Å². The van der Waals surface area contributed by atoms with Crippen LogP contribution in [0.5, 0.6) is 0 Å². The zero-order valence-electron chi connectivity index (χ0n) is 15.2. The summed E-state index contributed by atoms with van der Waals surface area (Å²) in [6.45, 7) is 2.36. The summed E-state index contributed by atoms with van der Waals surface area (Å²) in [5.41, 5.74) is 1.02. The van der Waals surface area contributed by atoms with E-state index in [4.69, 9.17) is 11.6 Å². The minimum atomic E-state index is -0.128. The second kappa shape index (κ2) is 9.26. The topological polar surface area (TPSA) is 61.4 Å². The molecule has 2 aliphatic rings. The summed E-state index contributed by atoms with van der Waals surface area (Å²) in [5, 5.41) is 6.64. The number of benzene rings is 1. The SMILES string of the molecule is O=C(NCc1ccc(Cl)cc1)NC1CCC(CC(=O)N2CCCC2)CC1. The van der Waals surface area contributed by atoms with Crippen LogP contribution < -0.4 is 10.6 Å². The van der Waals surface area contributed by atoms with Crippen LogP contribution in [0.3, 0.4) is 0 Å². The molecule has 6 heteroatoms. The van der Waals surface area contributed by atoms with Gasteiger partial charge in [-0.1, -0.05) is 23.7 Å². The number of hydrogen-bond acceptors (Lipinski definition) is 2. The van der Waals surface area contributed by atoms with Crippen LogP contribution in [0.1, 0.15) is 50.5 Å². The van der Waals surface area contributed by atoms with E-state index in [-0.39, 0.29) is 12.1 Å². The van der Waals surface area contributed by atoms with Crippen molar-refractivity contribution < 1.29 is 9.59 Å². The van der Waals surface area contributed by atoms with Gasteiger partial charge in [0.15, 0.2) is 0 Å². The molecule has 1 aromatic carbocycles. The number of carbonyl (C=O) groups excluding carboxylic acids is 2. The largest absolute Gasteiger partial charge is 0.343 e. The Hall–Kier alpha value is -1.75. The molecular weight excluding hydrogens is 350 g/mol. The van der Waals surface area contributed by atoms with E-state index in [0.29, 0.717) is 29.8 Å². The average molecular weight is 378 g/mol. The van der Waals surface area contributed by atoms with Crippen LogP contribution in [0.25, 0.3) is 0 Å². The maximum absolute atomic E-state index is 12.3. The van der Waals surface area contributed by atoms with Crippen LogP contribution in [0.15, 0.2) is 24.3 Å². The summed E-state index contributed by atoms with van der Waals surface area (Å²) in [5.74, 6) is 0.790. The molecule has 2 fully saturated rings. The van der Waals surface area contributed by atoms with Gasteiger partial charge < -0.3 is 15.5 Å².